The molecule has 2 atom stereocenters. The third-order valence-corrected chi connectivity index (χ3v) is 6.12. The molecule has 0 aliphatic heterocycles. The van der Waals surface area contributed by atoms with E-state index in [2.05, 4.69) is 4.72 Å². The number of nitrogens with two attached hydrogens (primary N) is 1. The standard InChI is InChI=1S/C15H21ClN2O3S/c1-10(19)11-6-7-13(16)15(8-11)22(20,21)18-14-5-3-2-4-12(14)9-17/h6-8,12,14,18H,2-5,9,17H2,1H3/t12-,14+/m1/s1. The van der Waals surface area contributed by atoms with E-state index in [0.717, 1.165) is 25.7 Å². The van der Waals surface area contributed by atoms with Crippen LogP contribution in [0.5, 0.6) is 0 Å². The molecular formula is C15H21ClN2O3S. The number of Topliss-reactive ketones (excluding diaryl/α,β-unsaturated/α-hetero) is 1. The molecule has 0 heterocycles. The van der Waals surface area contributed by atoms with Crippen molar-refractivity contribution in [3.8, 4) is 0 Å². The number of nitrogens with one attached hydrogen (secondary N) is 1. The quantitative estimate of drug-likeness (QED) is 0.802. The fourth-order valence-electron chi connectivity index (χ4n) is 2.84. The molecule has 1 aromatic carbocycles. The Morgan fingerprint density at radius 1 is 1.36 bits per heavy atom. The number of hydrogen-bond donors (Lipinski definition) is 2. The van der Waals surface area contributed by atoms with Gasteiger partial charge in [-0.15, -0.1) is 0 Å². The first-order valence-corrected chi connectivity index (χ1v) is 9.24. The van der Waals surface area contributed by atoms with Crippen LogP contribution in [0.1, 0.15) is 43.0 Å². The zero-order chi connectivity index (χ0) is 16.3. The Hall–Kier alpha value is -0.950. The van der Waals surface area contributed by atoms with Gasteiger partial charge in [-0.1, -0.05) is 24.4 Å². The molecule has 0 unspecified atom stereocenters. The van der Waals surface area contributed by atoms with Crippen LogP contribution in [-0.2, 0) is 10.0 Å². The summed E-state index contributed by atoms with van der Waals surface area (Å²) < 4.78 is 27.9. The van der Waals surface area contributed by atoms with E-state index in [-0.39, 0.29) is 27.7 Å². The number of benzene rings is 1. The van der Waals surface area contributed by atoms with Gasteiger partial charge in [0.15, 0.2) is 5.78 Å². The van der Waals surface area contributed by atoms with Crippen molar-refractivity contribution in [2.24, 2.45) is 11.7 Å². The topological polar surface area (TPSA) is 89.3 Å². The Labute approximate surface area is 136 Å². The Bertz CT molecular complexity index is 661. The van der Waals surface area contributed by atoms with E-state index in [9.17, 15) is 13.2 Å². The van der Waals surface area contributed by atoms with Gasteiger partial charge in [0.1, 0.15) is 4.90 Å². The summed E-state index contributed by atoms with van der Waals surface area (Å²) in [7, 11) is -3.78. The van der Waals surface area contributed by atoms with E-state index in [4.69, 9.17) is 17.3 Å². The van der Waals surface area contributed by atoms with Crippen molar-refractivity contribution < 1.29 is 13.2 Å². The van der Waals surface area contributed by atoms with Crippen LogP contribution in [0.25, 0.3) is 0 Å². The molecule has 0 bridgehead atoms. The lowest BCUT2D eigenvalue weighted by atomic mass is 9.85. The van der Waals surface area contributed by atoms with E-state index >= 15 is 0 Å². The van der Waals surface area contributed by atoms with Gasteiger partial charge in [0.05, 0.1) is 5.02 Å². The van der Waals surface area contributed by atoms with Gasteiger partial charge in [-0.05, 0) is 50.4 Å². The lowest BCUT2D eigenvalue weighted by Gasteiger charge is -2.31. The van der Waals surface area contributed by atoms with Gasteiger partial charge in [0.25, 0.3) is 0 Å². The van der Waals surface area contributed by atoms with Gasteiger partial charge in [-0.3, -0.25) is 4.79 Å². The van der Waals surface area contributed by atoms with Crippen molar-refractivity contribution in [1.29, 1.82) is 0 Å². The van der Waals surface area contributed by atoms with Crippen molar-refractivity contribution in [2.45, 2.75) is 43.5 Å². The lowest BCUT2D eigenvalue weighted by molar-refractivity contribution is 0.101. The molecule has 5 nitrogen and oxygen atoms in total. The minimum atomic E-state index is -3.78. The number of carbonyl (C=O) groups is 1. The van der Waals surface area contributed by atoms with Crippen molar-refractivity contribution >= 4 is 27.4 Å². The monoisotopic (exact) mass is 344 g/mol. The number of hydrogen-bond acceptors (Lipinski definition) is 4. The minimum absolute atomic E-state index is 0.0526. The second kappa shape index (κ2) is 7.08. The van der Waals surface area contributed by atoms with Crippen LogP contribution in [0, 0.1) is 5.92 Å². The van der Waals surface area contributed by atoms with Crippen LogP contribution in [0.4, 0.5) is 0 Å². The summed E-state index contributed by atoms with van der Waals surface area (Å²) in [6.07, 6.45) is 3.74. The zero-order valence-electron chi connectivity index (χ0n) is 12.5. The molecule has 7 heteroatoms. The van der Waals surface area contributed by atoms with E-state index < -0.39 is 10.0 Å². The highest BCUT2D eigenvalue weighted by Crippen LogP contribution is 2.27. The summed E-state index contributed by atoms with van der Waals surface area (Å²) in [5.74, 6) is -0.0658. The first-order chi connectivity index (χ1) is 10.3. The highest BCUT2D eigenvalue weighted by atomic mass is 35.5. The van der Waals surface area contributed by atoms with Crippen LogP contribution < -0.4 is 10.5 Å². The van der Waals surface area contributed by atoms with E-state index in [1.165, 1.54) is 25.1 Å². The Morgan fingerprint density at radius 2 is 2.05 bits per heavy atom. The van der Waals surface area contributed by atoms with Crippen molar-refractivity contribution in [1.82, 2.24) is 4.72 Å². The van der Waals surface area contributed by atoms with E-state index in [1.807, 2.05) is 0 Å². The summed E-state index contributed by atoms with van der Waals surface area (Å²) in [5.41, 5.74) is 6.06. The number of ketones is 1. The van der Waals surface area contributed by atoms with Gasteiger partial charge in [-0.25, -0.2) is 13.1 Å². The highest BCUT2D eigenvalue weighted by Gasteiger charge is 2.29. The molecular weight excluding hydrogens is 324 g/mol. The normalized spacial score (nSPS) is 22.5. The lowest BCUT2D eigenvalue weighted by Crippen LogP contribution is -2.44. The average molecular weight is 345 g/mol. The molecule has 1 aliphatic rings. The predicted octanol–water partition coefficient (Wildman–Crippen LogP) is 2.34. The Balaban J connectivity index is 2.30. The number of carbonyl (C=O) groups excluding carboxylic acids is 1. The molecule has 0 saturated heterocycles. The molecule has 0 spiro atoms. The molecule has 0 amide bonds. The Morgan fingerprint density at radius 3 is 2.68 bits per heavy atom. The molecule has 2 rings (SSSR count). The van der Waals surface area contributed by atoms with Crippen LogP contribution in [0.3, 0.4) is 0 Å². The molecule has 3 N–H and O–H groups in total. The Kier molecular flexibility index (Phi) is 5.60. The molecule has 0 aromatic heterocycles. The third kappa shape index (κ3) is 3.87. The van der Waals surface area contributed by atoms with Gasteiger partial charge >= 0.3 is 0 Å². The second-order valence-corrected chi connectivity index (χ2v) is 7.80. The molecule has 0 radical (unpaired) electrons. The summed E-state index contributed by atoms with van der Waals surface area (Å²) in [4.78, 5) is 11.4. The smallest absolute Gasteiger partial charge is 0.242 e. The van der Waals surface area contributed by atoms with Crippen LogP contribution >= 0.6 is 11.6 Å². The summed E-state index contributed by atoms with van der Waals surface area (Å²) in [5, 5.41) is 0.109. The van der Waals surface area contributed by atoms with Gasteiger partial charge < -0.3 is 5.73 Å². The molecule has 1 fully saturated rings. The minimum Gasteiger partial charge on any atom is -0.330 e. The van der Waals surface area contributed by atoms with E-state index in [0.29, 0.717) is 12.1 Å². The van der Waals surface area contributed by atoms with E-state index in [1.54, 1.807) is 0 Å². The second-order valence-electron chi connectivity index (χ2n) is 5.71. The number of halogens is 1. The maximum absolute atomic E-state index is 12.6. The highest BCUT2D eigenvalue weighted by molar-refractivity contribution is 7.89. The first kappa shape index (κ1) is 17.4. The fourth-order valence-corrected chi connectivity index (χ4v) is 4.70. The summed E-state index contributed by atoms with van der Waals surface area (Å²) in [6, 6.07) is 4.11. The molecule has 122 valence electrons. The van der Waals surface area contributed by atoms with Crippen LogP contribution in [0.2, 0.25) is 5.02 Å². The van der Waals surface area contributed by atoms with Crippen molar-refractivity contribution in [3.63, 3.8) is 0 Å². The molecule has 1 saturated carbocycles. The molecule has 1 aromatic rings. The van der Waals surface area contributed by atoms with Gasteiger partial charge in [0.2, 0.25) is 10.0 Å². The zero-order valence-corrected chi connectivity index (χ0v) is 14.1. The average Bonchev–Trinajstić information content (AvgIpc) is 2.47. The first-order valence-electron chi connectivity index (χ1n) is 7.38. The number of rotatable bonds is 5. The summed E-state index contributed by atoms with van der Waals surface area (Å²) >= 11 is 6.02. The largest absolute Gasteiger partial charge is 0.330 e. The van der Waals surface area contributed by atoms with Crippen molar-refractivity contribution in [2.75, 3.05) is 6.54 Å². The summed E-state index contributed by atoms with van der Waals surface area (Å²) in [6.45, 7) is 1.84. The van der Waals surface area contributed by atoms with Crippen LogP contribution in [-0.4, -0.2) is 26.8 Å². The number of sulfonamides is 1. The fraction of sp³-hybridized carbons (Fsp3) is 0.533. The third-order valence-electron chi connectivity index (χ3n) is 4.15. The van der Waals surface area contributed by atoms with Crippen LogP contribution in [0.15, 0.2) is 23.1 Å². The maximum atomic E-state index is 12.6. The van der Waals surface area contributed by atoms with Gasteiger partial charge in [0, 0.05) is 11.6 Å². The SMILES string of the molecule is CC(=O)c1ccc(Cl)c(S(=O)(=O)N[C@H]2CCCC[C@@H]2CN)c1. The van der Waals surface area contributed by atoms with Gasteiger partial charge in [-0.2, -0.15) is 0 Å². The molecule has 1 aliphatic carbocycles. The van der Waals surface area contributed by atoms with Crippen molar-refractivity contribution in [3.05, 3.63) is 28.8 Å². The predicted molar refractivity (Wildman–Crippen MR) is 86.6 cm³/mol. The molecule has 22 heavy (non-hydrogen) atoms. The maximum Gasteiger partial charge on any atom is 0.242 e.